The predicted octanol–water partition coefficient (Wildman–Crippen LogP) is 3.94. The van der Waals surface area contributed by atoms with Crippen LogP contribution < -0.4 is 19.7 Å². The summed E-state index contributed by atoms with van der Waals surface area (Å²) in [6.45, 7) is 0.520. The number of hydrogen-bond acceptors (Lipinski definition) is 5. The van der Waals surface area contributed by atoms with E-state index in [1.807, 2.05) is 30.3 Å². The van der Waals surface area contributed by atoms with Crippen molar-refractivity contribution < 1.29 is 23.9 Å². The molecule has 4 amide bonds. The van der Waals surface area contributed by atoms with E-state index >= 15 is 0 Å². The van der Waals surface area contributed by atoms with Crippen LogP contribution in [0.3, 0.4) is 0 Å². The third kappa shape index (κ3) is 5.14. The molecule has 0 atom stereocenters. The van der Waals surface area contributed by atoms with Crippen LogP contribution in [-0.4, -0.2) is 24.5 Å². The summed E-state index contributed by atoms with van der Waals surface area (Å²) < 4.78 is 11.1. The molecule has 1 N–H and O–H groups in total. The fourth-order valence-corrected chi connectivity index (χ4v) is 3.28. The third-order valence-electron chi connectivity index (χ3n) is 4.96. The molecule has 168 valence electrons. The van der Waals surface area contributed by atoms with E-state index in [2.05, 4.69) is 11.2 Å². The van der Waals surface area contributed by atoms with Gasteiger partial charge < -0.3 is 9.47 Å². The van der Waals surface area contributed by atoms with Gasteiger partial charge in [0.2, 0.25) is 0 Å². The number of ether oxygens (including phenoxy) is 2. The predicted molar refractivity (Wildman–Crippen MR) is 127 cm³/mol. The van der Waals surface area contributed by atoms with Crippen LogP contribution in [0.1, 0.15) is 11.1 Å². The lowest BCUT2D eigenvalue weighted by molar-refractivity contribution is -0.122. The highest BCUT2D eigenvalue weighted by molar-refractivity contribution is 6.39. The van der Waals surface area contributed by atoms with Gasteiger partial charge in [-0.15, -0.1) is 6.42 Å². The molecule has 4 rings (SSSR count). The zero-order valence-corrected chi connectivity index (χ0v) is 18.1. The number of carbonyl (C=O) groups excluding carboxylic acids is 3. The number of rotatable bonds is 7. The van der Waals surface area contributed by atoms with E-state index in [1.54, 1.807) is 48.5 Å². The molecule has 1 fully saturated rings. The molecule has 3 aromatic rings. The minimum Gasteiger partial charge on any atom is -0.489 e. The SMILES string of the molecule is C#CCOc1ccc(/C=C2/C(=O)NC(=O)N(c3ccc(OCc4ccccc4)cc3)C2=O)cc1. The van der Waals surface area contributed by atoms with Crippen LogP contribution in [-0.2, 0) is 16.2 Å². The molecule has 1 heterocycles. The molecule has 1 aliphatic rings. The summed E-state index contributed by atoms with van der Waals surface area (Å²) in [5, 5.41) is 2.21. The number of urea groups is 1. The lowest BCUT2D eigenvalue weighted by atomic mass is 10.1. The maximum absolute atomic E-state index is 13.1. The second-order valence-corrected chi connectivity index (χ2v) is 7.29. The van der Waals surface area contributed by atoms with Gasteiger partial charge in [-0.1, -0.05) is 48.4 Å². The Bertz CT molecular complexity index is 1270. The topological polar surface area (TPSA) is 84.9 Å². The van der Waals surface area contributed by atoms with Crippen molar-refractivity contribution in [3.8, 4) is 23.8 Å². The molecule has 0 saturated carbocycles. The van der Waals surface area contributed by atoms with Crippen molar-refractivity contribution in [1.29, 1.82) is 0 Å². The molecule has 1 aliphatic heterocycles. The standard InChI is InChI=1S/C27H20N2O5/c1-2-16-33-22-12-8-19(9-13-22)17-24-25(30)28-27(32)29(26(24)31)21-10-14-23(15-11-21)34-18-20-6-4-3-5-7-20/h1,3-15,17H,16,18H2,(H,28,30,32)/b24-17-. The fraction of sp³-hybridized carbons (Fsp3) is 0.0741. The first kappa shape index (κ1) is 22.4. The number of benzene rings is 3. The first-order valence-electron chi connectivity index (χ1n) is 10.4. The van der Waals surface area contributed by atoms with Gasteiger partial charge in [0.05, 0.1) is 5.69 Å². The average Bonchev–Trinajstić information content (AvgIpc) is 2.86. The van der Waals surface area contributed by atoms with Gasteiger partial charge in [0.15, 0.2) is 0 Å². The van der Waals surface area contributed by atoms with Crippen LogP contribution in [0.15, 0.2) is 84.4 Å². The molecule has 3 aromatic carbocycles. The summed E-state index contributed by atoms with van der Waals surface area (Å²) in [6.07, 6.45) is 6.59. The minimum atomic E-state index is -0.817. The molecule has 34 heavy (non-hydrogen) atoms. The van der Waals surface area contributed by atoms with Gasteiger partial charge in [0.1, 0.15) is 30.3 Å². The summed E-state index contributed by atoms with van der Waals surface area (Å²) >= 11 is 0. The Morgan fingerprint density at radius 2 is 1.50 bits per heavy atom. The van der Waals surface area contributed by atoms with Gasteiger partial charge in [-0.3, -0.25) is 14.9 Å². The molecule has 0 unspecified atom stereocenters. The fourth-order valence-electron chi connectivity index (χ4n) is 3.28. The summed E-state index contributed by atoms with van der Waals surface area (Å²) in [4.78, 5) is 38.8. The van der Waals surface area contributed by atoms with E-state index < -0.39 is 17.8 Å². The van der Waals surface area contributed by atoms with Crippen LogP contribution in [0.4, 0.5) is 10.5 Å². The zero-order chi connectivity index (χ0) is 23.9. The van der Waals surface area contributed by atoms with E-state index in [1.165, 1.54) is 6.08 Å². The van der Waals surface area contributed by atoms with Crippen molar-refractivity contribution in [1.82, 2.24) is 5.32 Å². The van der Waals surface area contributed by atoms with Crippen LogP contribution in [0.5, 0.6) is 11.5 Å². The van der Waals surface area contributed by atoms with Crippen molar-refractivity contribution in [3.63, 3.8) is 0 Å². The lowest BCUT2D eigenvalue weighted by Gasteiger charge is -2.26. The lowest BCUT2D eigenvalue weighted by Crippen LogP contribution is -2.54. The quantitative estimate of drug-likeness (QED) is 0.333. The average molecular weight is 452 g/mol. The van der Waals surface area contributed by atoms with Crippen LogP contribution in [0.2, 0.25) is 0 Å². The molecule has 7 nitrogen and oxygen atoms in total. The number of anilines is 1. The van der Waals surface area contributed by atoms with E-state index in [4.69, 9.17) is 15.9 Å². The monoisotopic (exact) mass is 452 g/mol. The minimum absolute atomic E-state index is 0.133. The number of nitrogens with one attached hydrogen (secondary N) is 1. The molecule has 0 aromatic heterocycles. The van der Waals surface area contributed by atoms with Crippen molar-refractivity contribution in [3.05, 3.63) is 95.6 Å². The van der Waals surface area contributed by atoms with Gasteiger partial charge >= 0.3 is 6.03 Å². The summed E-state index contributed by atoms with van der Waals surface area (Å²) in [6, 6.07) is 22.1. The molecule has 0 aliphatic carbocycles. The normalized spacial score (nSPS) is 14.5. The Morgan fingerprint density at radius 1 is 0.853 bits per heavy atom. The maximum atomic E-state index is 13.1. The number of hydrogen-bond donors (Lipinski definition) is 1. The number of barbiturate groups is 1. The van der Waals surface area contributed by atoms with E-state index in [0.29, 0.717) is 29.4 Å². The molecular weight excluding hydrogens is 432 g/mol. The zero-order valence-electron chi connectivity index (χ0n) is 18.1. The highest BCUT2D eigenvalue weighted by atomic mass is 16.5. The number of nitrogens with zero attached hydrogens (tertiary/aromatic N) is 1. The molecule has 1 saturated heterocycles. The molecule has 0 bridgehead atoms. The molecule has 0 radical (unpaired) electrons. The summed E-state index contributed by atoms with van der Waals surface area (Å²) in [7, 11) is 0. The van der Waals surface area contributed by atoms with Gasteiger partial charge in [0, 0.05) is 0 Å². The Kier molecular flexibility index (Phi) is 6.70. The Hall–Kier alpha value is -4.83. The second-order valence-electron chi connectivity index (χ2n) is 7.29. The Balaban J connectivity index is 1.50. The van der Waals surface area contributed by atoms with Crippen molar-refractivity contribution >= 4 is 29.6 Å². The van der Waals surface area contributed by atoms with Gasteiger partial charge in [-0.05, 0) is 53.6 Å². The van der Waals surface area contributed by atoms with Crippen LogP contribution >= 0.6 is 0 Å². The summed E-state index contributed by atoms with van der Waals surface area (Å²) in [5.41, 5.74) is 1.75. The number of amides is 4. The first-order chi connectivity index (χ1) is 16.5. The third-order valence-corrected chi connectivity index (χ3v) is 4.96. The highest BCUT2D eigenvalue weighted by Crippen LogP contribution is 2.25. The Labute approximate surface area is 196 Å². The van der Waals surface area contributed by atoms with Crippen molar-refractivity contribution in [2.24, 2.45) is 0 Å². The van der Waals surface area contributed by atoms with E-state index in [0.717, 1.165) is 10.5 Å². The van der Waals surface area contributed by atoms with Gasteiger partial charge in [0.25, 0.3) is 11.8 Å². The van der Waals surface area contributed by atoms with E-state index in [9.17, 15) is 14.4 Å². The van der Waals surface area contributed by atoms with Crippen molar-refractivity contribution in [2.75, 3.05) is 11.5 Å². The second kappa shape index (κ2) is 10.2. The number of terminal acetylenes is 1. The molecule has 7 heteroatoms. The molecule has 0 spiro atoms. The maximum Gasteiger partial charge on any atom is 0.335 e. The smallest absolute Gasteiger partial charge is 0.335 e. The van der Waals surface area contributed by atoms with Crippen molar-refractivity contribution in [2.45, 2.75) is 6.61 Å². The largest absolute Gasteiger partial charge is 0.489 e. The van der Waals surface area contributed by atoms with Gasteiger partial charge in [-0.2, -0.15) is 0 Å². The van der Waals surface area contributed by atoms with Crippen LogP contribution in [0, 0.1) is 12.3 Å². The number of imide groups is 2. The van der Waals surface area contributed by atoms with Crippen LogP contribution in [0.25, 0.3) is 6.08 Å². The first-order valence-corrected chi connectivity index (χ1v) is 10.4. The molecular formula is C27H20N2O5. The summed E-state index contributed by atoms with van der Waals surface area (Å²) in [5.74, 6) is 2.03. The number of carbonyl (C=O) groups is 3. The van der Waals surface area contributed by atoms with Gasteiger partial charge in [-0.25, -0.2) is 9.69 Å². The van der Waals surface area contributed by atoms with E-state index in [-0.39, 0.29) is 12.2 Å². The Morgan fingerprint density at radius 3 is 2.18 bits per heavy atom. The highest BCUT2D eigenvalue weighted by Gasteiger charge is 2.36.